The highest BCUT2D eigenvalue weighted by molar-refractivity contribution is 6.04. The molecule has 0 unspecified atom stereocenters. The van der Waals surface area contributed by atoms with Crippen molar-refractivity contribution in [1.29, 1.82) is 0 Å². The lowest BCUT2D eigenvalue weighted by atomic mass is 10.1. The molecule has 0 aliphatic carbocycles. The van der Waals surface area contributed by atoms with Gasteiger partial charge >= 0.3 is 0 Å². The van der Waals surface area contributed by atoms with Crippen molar-refractivity contribution < 1.29 is 18.4 Å². The monoisotopic (exact) mass is 526 g/mol. The minimum atomic E-state index is -0.833. The fourth-order valence-electron chi connectivity index (χ4n) is 4.08. The van der Waals surface area contributed by atoms with Crippen LogP contribution in [0.4, 0.5) is 20.4 Å². The molecule has 2 amide bonds. The molecule has 196 valence electrons. The van der Waals surface area contributed by atoms with Gasteiger partial charge in [-0.1, -0.05) is 30.3 Å². The van der Waals surface area contributed by atoms with Crippen molar-refractivity contribution in [2.45, 2.75) is 19.3 Å². The molecule has 8 nitrogen and oxygen atoms in total. The van der Waals surface area contributed by atoms with Crippen LogP contribution in [0.15, 0.2) is 91.4 Å². The summed E-state index contributed by atoms with van der Waals surface area (Å²) in [6, 6.07) is 19.6. The number of nitrogens with one attached hydrogen (secondary N) is 3. The highest BCUT2D eigenvalue weighted by atomic mass is 19.1. The standard InChI is InChI=1S/C29H24F2N6O2/c30-22-12-13-26(25(31)15-22)35-27(38)11-5-8-23-18-37(24-9-2-1-3-10-24)29(34-23)36-28(39)20-7-4-6-19(14-20)21-16-32-33-17-21/h1-4,6-7,9-10,12-18H,5,8,11H2,(H,32,33)(H,35,38)(H,34,36,39). The van der Waals surface area contributed by atoms with Crippen molar-refractivity contribution in [3.05, 3.63) is 114 Å². The van der Waals surface area contributed by atoms with Gasteiger partial charge in [0.1, 0.15) is 11.6 Å². The van der Waals surface area contributed by atoms with Crippen molar-refractivity contribution >= 4 is 23.5 Å². The van der Waals surface area contributed by atoms with Gasteiger partial charge in [-0.05, 0) is 54.8 Å². The summed E-state index contributed by atoms with van der Waals surface area (Å²) in [6.45, 7) is 0. The van der Waals surface area contributed by atoms with Gasteiger partial charge in [0.05, 0.1) is 17.6 Å². The van der Waals surface area contributed by atoms with Crippen LogP contribution in [-0.2, 0) is 11.2 Å². The number of carbonyl (C=O) groups is 2. The van der Waals surface area contributed by atoms with E-state index in [0.29, 0.717) is 30.0 Å². The van der Waals surface area contributed by atoms with Gasteiger partial charge < -0.3 is 5.32 Å². The second kappa shape index (κ2) is 11.5. The number of halogens is 2. The number of anilines is 2. The highest BCUT2D eigenvalue weighted by Crippen LogP contribution is 2.22. The van der Waals surface area contributed by atoms with Gasteiger partial charge in [0.25, 0.3) is 5.91 Å². The van der Waals surface area contributed by atoms with E-state index in [2.05, 4.69) is 25.8 Å². The Morgan fingerprint density at radius 1 is 0.923 bits per heavy atom. The largest absolute Gasteiger partial charge is 0.324 e. The molecule has 0 radical (unpaired) electrons. The van der Waals surface area contributed by atoms with Crippen molar-refractivity contribution in [1.82, 2.24) is 19.7 Å². The van der Waals surface area contributed by atoms with Gasteiger partial charge in [0.2, 0.25) is 11.9 Å². The molecule has 39 heavy (non-hydrogen) atoms. The van der Waals surface area contributed by atoms with Gasteiger partial charge in [0, 0.05) is 41.7 Å². The van der Waals surface area contributed by atoms with Gasteiger partial charge in [-0.15, -0.1) is 0 Å². The van der Waals surface area contributed by atoms with E-state index >= 15 is 0 Å². The summed E-state index contributed by atoms with van der Waals surface area (Å²) in [4.78, 5) is 30.1. The van der Waals surface area contributed by atoms with E-state index in [1.165, 1.54) is 6.07 Å². The molecular formula is C29H24F2N6O2. The summed E-state index contributed by atoms with van der Waals surface area (Å²) in [5.41, 5.74) is 3.58. The smallest absolute Gasteiger partial charge is 0.258 e. The number of nitrogens with zero attached hydrogens (tertiary/aromatic N) is 3. The number of hydrogen-bond acceptors (Lipinski definition) is 4. The van der Waals surface area contributed by atoms with Crippen LogP contribution in [0.5, 0.6) is 0 Å². The first-order valence-corrected chi connectivity index (χ1v) is 12.3. The number of imidazole rings is 1. The number of para-hydroxylation sites is 1. The molecule has 0 aliphatic rings. The highest BCUT2D eigenvalue weighted by Gasteiger charge is 2.16. The predicted octanol–water partition coefficient (Wildman–Crippen LogP) is 5.75. The molecule has 10 heteroatoms. The third-order valence-electron chi connectivity index (χ3n) is 6.01. The van der Waals surface area contributed by atoms with Crippen LogP contribution in [0, 0.1) is 11.6 Å². The molecule has 0 aliphatic heterocycles. The molecule has 0 saturated heterocycles. The molecule has 3 N–H and O–H groups in total. The predicted molar refractivity (Wildman–Crippen MR) is 143 cm³/mol. The first kappa shape index (κ1) is 25.5. The molecular weight excluding hydrogens is 502 g/mol. The van der Waals surface area contributed by atoms with Crippen molar-refractivity contribution in [2.75, 3.05) is 10.6 Å². The van der Waals surface area contributed by atoms with Crippen LogP contribution in [0.3, 0.4) is 0 Å². The quantitative estimate of drug-likeness (QED) is 0.227. The zero-order valence-corrected chi connectivity index (χ0v) is 20.7. The number of aryl methyl sites for hydroxylation is 1. The maximum atomic E-state index is 13.8. The number of aromatic amines is 1. The van der Waals surface area contributed by atoms with Gasteiger partial charge in [-0.3, -0.25) is 24.6 Å². The molecule has 2 aromatic heterocycles. The Labute approximate surface area is 222 Å². The van der Waals surface area contributed by atoms with Crippen molar-refractivity contribution in [3.8, 4) is 16.8 Å². The lowest BCUT2D eigenvalue weighted by Crippen LogP contribution is -2.15. The number of amides is 2. The summed E-state index contributed by atoms with van der Waals surface area (Å²) < 4.78 is 28.7. The van der Waals surface area contributed by atoms with Crippen LogP contribution in [0.25, 0.3) is 16.8 Å². The van der Waals surface area contributed by atoms with Gasteiger partial charge in [-0.25, -0.2) is 13.8 Å². The van der Waals surface area contributed by atoms with Crippen molar-refractivity contribution in [2.24, 2.45) is 0 Å². The Hall–Kier alpha value is -5.12. The second-order valence-corrected chi connectivity index (χ2v) is 8.81. The van der Waals surface area contributed by atoms with Crippen LogP contribution >= 0.6 is 0 Å². The minimum absolute atomic E-state index is 0.0726. The first-order chi connectivity index (χ1) is 19.0. The molecule has 0 bridgehead atoms. The van der Waals surface area contributed by atoms with Gasteiger partial charge in [0.15, 0.2) is 0 Å². The Kier molecular flexibility index (Phi) is 7.53. The number of benzene rings is 3. The Balaban J connectivity index is 1.28. The number of hydrogen-bond donors (Lipinski definition) is 3. The first-order valence-electron chi connectivity index (χ1n) is 12.3. The van der Waals surface area contributed by atoms with E-state index in [9.17, 15) is 18.4 Å². The SMILES string of the molecule is O=C(CCCc1cn(-c2ccccc2)c(NC(=O)c2cccc(-c3cn[nH]c3)c2)n1)Nc1ccc(F)cc1F. The van der Waals surface area contributed by atoms with E-state index in [1.54, 1.807) is 35.2 Å². The third kappa shape index (κ3) is 6.24. The second-order valence-electron chi connectivity index (χ2n) is 8.81. The molecule has 2 heterocycles. The topological polar surface area (TPSA) is 105 Å². The maximum Gasteiger partial charge on any atom is 0.258 e. The minimum Gasteiger partial charge on any atom is -0.324 e. The number of carbonyl (C=O) groups excluding carboxylic acids is 2. The normalized spacial score (nSPS) is 10.8. The average Bonchev–Trinajstić information content (AvgIpc) is 3.62. The molecule has 0 saturated carbocycles. The zero-order valence-electron chi connectivity index (χ0n) is 20.7. The zero-order chi connectivity index (χ0) is 27.2. The molecule has 0 atom stereocenters. The molecule has 0 fully saturated rings. The summed E-state index contributed by atoms with van der Waals surface area (Å²) in [6.07, 6.45) is 6.23. The van der Waals surface area contributed by atoms with E-state index in [1.807, 2.05) is 42.6 Å². The Bertz CT molecular complexity index is 1600. The van der Waals surface area contributed by atoms with E-state index in [0.717, 1.165) is 28.9 Å². The molecule has 5 aromatic rings. The summed E-state index contributed by atoms with van der Waals surface area (Å²) in [7, 11) is 0. The fourth-order valence-corrected chi connectivity index (χ4v) is 4.08. The Morgan fingerprint density at radius 3 is 2.54 bits per heavy atom. The summed E-state index contributed by atoms with van der Waals surface area (Å²) in [5.74, 6) is -1.93. The van der Waals surface area contributed by atoms with Crippen LogP contribution in [-0.4, -0.2) is 31.6 Å². The number of rotatable bonds is 9. The number of H-pyrrole nitrogens is 1. The van der Waals surface area contributed by atoms with Crippen LogP contribution < -0.4 is 10.6 Å². The molecule has 5 rings (SSSR count). The Morgan fingerprint density at radius 2 is 1.77 bits per heavy atom. The third-order valence-corrected chi connectivity index (χ3v) is 6.01. The number of aromatic nitrogens is 4. The molecule has 3 aromatic carbocycles. The van der Waals surface area contributed by atoms with Crippen LogP contribution in [0.2, 0.25) is 0 Å². The lowest BCUT2D eigenvalue weighted by Gasteiger charge is -2.09. The van der Waals surface area contributed by atoms with Gasteiger partial charge in [-0.2, -0.15) is 5.10 Å². The van der Waals surface area contributed by atoms with Crippen molar-refractivity contribution in [3.63, 3.8) is 0 Å². The summed E-state index contributed by atoms with van der Waals surface area (Å²) in [5, 5.41) is 12.1. The lowest BCUT2D eigenvalue weighted by molar-refractivity contribution is -0.116. The molecule has 0 spiro atoms. The summed E-state index contributed by atoms with van der Waals surface area (Å²) >= 11 is 0. The van der Waals surface area contributed by atoms with E-state index < -0.39 is 17.5 Å². The fraction of sp³-hybridized carbons (Fsp3) is 0.103. The van der Waals surface area contributed by atoms with E-state index in [4.69, 9.17) is 0 Å². The average molecular weight is 527 g/mol. The van der Waals surface area contributed by atoms with E-state index in [-0.39, 0.29) is 18.0 Å². The van der Waals surface area contributed by atoms with Crippen LogP contribution in [0.1, 0.15) is 28.9 Å². The maximum absolute atomic E-state index is 13.8.